The minimum absolute atomic E-state index is 0.0286. The standard InChI is InChI=1S/C22H22N2O4/c1-28-22(27)15-5-8-18(9-6-15)23-21(26)17-12-20(25)24(13-17)19-10-7-14-3-2-4-16(14)11-19/h5-11,17H,2-4,12-13H2,1H3,(H,23,26). The van der Waals surface area contributed by atoms with Crippen molar-refractivity contribution in [3.8, 4) is 0 Å². The lowest BCUT2D eigenvalue weighted by molar-refractivity contribution is -0.122. The second-order valence-electron chi connectivity index (χ2n) is 7.27. The Morgan fingerprint density at radius 3 is 2.57 bits per heavy atom. The van der Waals surface area contributed by atoms with Gasteiger partial charge in [0, 0.05) is 24.3 Å². The minimum atomic E-state index is -0.427. The Bertz CT molecular complexity index is 936. The van der Waals surface area contributed by atoms with Crippen molar-refractivity contribution in [1.82, 2.24) is 0 Å². The number of anilines is 2. The highest BCUT2D eigenvalue weighted by Crippen LogP contribution is 2.31. The Balaban J connectivity index is 1.42. The largest absolute Gasteiger partial charge is 0.465 e. The number of hydrogen-bond donors (Lipinski definition) is 1. The number of benzene rings is 2. The van der Waals surface area contributed by atoms with Gasteiger partial charge in [-0.25, -0.2) is 4.79 Å². The molecule has 28 heavy (non-hydrogen) atoms. The molecule has 1 heterocycles. The smallest absolute Gasteiger partial charge is 0.337 e. The van der Waals surface area contributed by atoms with Crippen LogP contribution in [0.4, 0.5) is 11.4 Å². The lowest BCUT2D eigenvalue weighted by Crippen LogP contribution is -2.28. The van der Waals surface area contributed by atoms with E-state index < -0.39 is 11.9 Å². The van der Waals surface area contributed by atoms with E-state index in [-0.39, 0.29) is 18.2 Å². The quantitative estimate of drug-likeness (QED) is 0.830. The number of carbonyl (C=O) groups excluding carboxylic acids is 3. The van der Waals surface area contributed by atoms with Crippen LogP contribution in [-0.4, -0.2) is 31.4 Å². The predicted octanol–water partition coefficient (Wildman–Crippen LogP) is 2.95. The molecule has 1 unspecified atom stereocenters. The number of carbonyl (C=O) groups is 3. The molecule has 4 rings (SSSR count). The van der Waals surface area contributed by atoms with Crippen LogP contribution in [0.15, 0.2) is 42.5 Å². The van der Waals surface area contributed by atoms with E-state index in [2.05, 4.69) is 22.2 Å². The van der Waals surface area contributed by atoms with Crippen LogP contribution in [0, 0.1) is 5.92 Å². The van der Waals surface area contributed by atoms with Crippen LogP contribution in [0.25, 0.3) is 0 Å². The average Bonchev–Trinajstić information content (AvgIpc) is 3.33. The van der Waals surface area contributed by atoms with Crippen molar-refractivity contribution in [2.24, 2.45) is 5.92 Å². The molecule has 2 amide bonds. The van der Waals surface area contributed by atoms with Gasteiger partial charge < -0.3 is 15.0 Å². The van der Waals surface area contributed by atoms with E-state index in [0.717, 1.165) is 24.9 Å². The highest BCUT2D eigenvalue weighted by atomic mass is 16.5. The summed E-state index contributed by atoms with van der Waals surface area (Å²) in [6, 6.07) is 12.7. The molecule has 0 saturated carbocycles. The van der Waals surface area contributed by atoms with Gasteiger partial charge in [-0.15, -0.1) is 0 Å². The molecule has 144 valence electrons. The Labute approximate surface area is 163 Å². The van der Waals surface area contributed by atoms with Crippen LogP contribution >= 0.6 is 0 Å². The molecule has 6 nitrogen and oxygen atoms in total. The fourth-order valence-electron chi connectivity index (χ4n) is 3.91. The van der Waals surface area contributed by atoms with Crippen LogP contribution in [0.1, 0.15) is 34.3 Å². The third-order valence-electron chi connectivity index (χ3n) is 5.46. The van der Waals surface area contributed by atoms with E-state index >= 15 is 0 Å². The van der Waals surface area contributed by atoms with E-state index in [1.165, 1.54) is 18.2 Å². The molecule has 2 aliphatic rings. The molecule has 6 heteroatoms. The van der Waals surface area contributed by atoms with Gasteiger partial charge in [-0.2, -0.15) is 0 Å². The molecule has 2 aromatic carbocycles. The Kier molecular flexibility index (Phi) is 4.86. The SMILES string of the molecule is COC(=O)c1ccc(NC(=O)C2CC(=O)N(c3ccc4c(c3)CCC4)C2)cc1. The number of fused-ring (bicyclic) bond motifs is 1. The van der Waals surface area contributed by atoms with Crippen molar-refractivity contribution in [1.29, 1.82) is 0 Å². The molecule has 1 aliphatic heterocycles. The van der Waals surface area contributed by atoms with Gasteiger partial charge in [0.05, 0.1) is 18.6 Å². The first-order chi connectivity index (χ1) is 13.5. The van der Waals surface area contributed by atoms with Gasteiger partial charge in [0.15, 0.2) is 0 Å². The summed E-state index contributed by atoms with van der Waals surface area (Å²) in [7, 11) is 1.32. The summed E-state index contributed by atoms with van der Waals surface area (Å²) < 4.78 is 4.66. The van der Waals surface area contributed by atoms with E-state index in [9.17, 15) is 14.4 Å². The fourth-order valence-corrected chi connectivity index (χ4v) is 3.91. The summed E-state index contributed by atoms with van der Waals surface area (Å²) in [6.45, 7) is 0.379. The number of amides is 2. The maximum Gasteiger partial charge on any atom is 0.337 e. The number of rotatable bonds is 4. The minimum Gasteiger partial charge on any atom is -0.465 e. The molecule has 1 atom stereocenters. The maximum absolute atomic E-state index is 12.6. The Morgan fingerprint density at radius 1 is 1.07 bits per heavy atom. The van der Waals surface area contributed by atoms with Crippen LogP contribution in [0.2, 0.25) is 0 Å². The number of hydrogen-bond acceptors (Lipinski definition) is 4. The zero-order valence-electron chi connectivity index (χ0n) is 15.7. The van der Waals surface area contributed by atoms with Gasteiger partial charge in [0.25, 0.3) is 0 Å². The van der Waals surface area contributed by atoms with Gasteiger partial charge >= 0.3 is 5.97 Å². The number of nitrogens with zero attached hydrogens (tertiary/aromatic N) is 1. The van der Waals surface area contributed by atoms with Crippen LogP contribution in [-0.2, 0) is 27.2 Å². The molecule has 1 N–H and O–H groups in total. The van der Waals surface area contributed by atoms with E-state index in [0.29, 0.717) is 17.8 Å². The third kappa shape index (κ3) is 3.50. The number of nitrogens with one attached hydrogen (secondary N) is 1. The molecule has 1 saturated heterocycles. The molecular formula is C22H22N2O4. The average molecular weight is 378 g/mol. The zero-order chi connectivity index (χ0) is 19.7. The highest BCUT2D eigenvalue weighted by molar-refractivity contribution is 6.03. The number of ether oxygens (including phenoxy) is 1. The first-order valence-corrected chi connectivity index (χ1v) is 9.46. The van der Waals surface area contributed by atoms with Crippen LogP contribution in [0.3, 0.4) is 0 Å². The topological polar surface area (TPSA) is 75.7 Å². The molecular weight excluding hydrogens is 356 g/mol. The third-order valence-corrected chi connectivity index (χ3v) is 5.46. The molecule has 1 aliphatic carbocycles. The van der Waals surface area contributed by atoms with Crippen LogP contribution in [0.5, 0.6) is 0 Å². The summed E-state index contributed by atoms with van der Waals surface area (Å²) in [6.07, 6.45) is 3.51. The zero-order valence-corrected chi connectivity index (χ0v) is 15.7. The number of esters is 1. The van der Waals surface area contributed by atoms with Crippen molar-refractivity contribution in [3.05, 3.63) is 59.2 Å². The predicted molar refractivity (Wildman–Crippen MR) is 105 cm³/mol. The van der Waals surface area contributed by atoms with Crippen molar-refractivity contribution in [2.75, 3.05) is 23.9 Å². The lowest BCUT2D eigenvalue weighted by Gasteiger charge is -2.18. The normalized spacial score (nSPS) is 18.1. The molecule has 0 aromatic heterocycles. The Morgan fingerprint density at radius 2 is 1.82 bits per heavy atom. The van der Waals surface area contributed by atoms with Gasteiger partial charge in [0.2, 0.25) is 11.8 Å². The summed E-state index contributed by atoms with van der Waals surface area (Å²) in [5, 5.41) is 2.83. The van der Waals surface area contributed by atoms with Crippen molar-refractivity contribution in [3.63, 3.8) is 0 Å². The van der Waals surface area contributed by atoms with Gasteiger partial charge in [-0.05, 0) is 66.8 Å². The monoisotopic (exact) mass is 378 g/mol. The van der Waals surface area contributed by atoms with E-state index in [1.807, 2.05) is 6.07 Å². The van der Waals surface area contributed by atoms with Crippen molar-refractivity contribution in [2.45, 2.75) is 25.7 Å². The molecule has 2 aromatic rings. The first-order valence-electron chi connectivity index (χ1n) is 9.46. The molecule has 0 radical (unpaired) electrons. The Hall–Kier alpha value is -3.15. The van der Waals surface area contributed by atoms with Gasteiger partial charge in [-0.3, -0.25) is 9.59 Å². The molecule has 0 bridgehead atoms. The van der Waals surface area contributed by atoms with Crippen molar-refractivity contribution < 1.29 is 19.1 Å². The fraction of sp³-hybridized carbons (Fsp3) is 0.318. The summed E-state index contributed by atoms with van der Waals surface area (Å²) in [4.78, 5) is 38.3. The summed E-state index contributed by atoms with van der Waals surface area (Å²) in [5.41, 5.74) is 4.55. The second-order valence-corrected chi connectivity index (χ2v) is 7.27. The highest BCUT2D eigenvalue weighted by Gasteiger charge is 2.35. The van der Waals surface area contributed by atoms with Gasteiger partial charge in [0.1, 0.15) is 0 Å². The lowest BCUT2D eigenvalue weighted by atomic mass is 10.1. The summed E-state index contributed by atoms with van der Waals surface area (Å²) >= 11 is 0. The summed E-state index contributed by atoms with van der Waals surface area (Å²) in [5.74, 6) is -1.05. The number of aryl methyl sites for hydroxylation is 2. The second kappa shape index (κ2) is 7.46. The molecule has 0 spiro atoms. The van der Waals surface area contributed by atoms with Gasteiger partial charge in [-0.1, -0.05) is 6.07 Å². The van der Waals surface area contributed by atoms with Crippen LogP contribution < -0.4 is 10.2 Å². The van der Waals surface area contributed by atoms with E-state index in [1.54, 1.807) is 29.2 Å². The van der Waals surface area contributed by atoms with Crippen molar-refractivity contribution >= 4 is 29.2 Å². The molecule has 1 fully saturated rings. The number of methoxy groups -OCH3 is 1. The van der Waals surface area contributed by atoms with E-state index in [4.69, 9.17) is 0 Å². The maximum atomic E-state index is 12.6. The first kappa shape index (κ1) is 18.2.